The van der Waals surface area contributed by atoms with Gasteiger partial charge in [-0.2, -0.15) is 0 Å². The number of carbonyl (C=O) groups is 1. The summed E-state index contributed by atoms with van der Waals surface area (Å²) in [5.41, 5.74) is -0.334. The third kappa shape index (κ3) is 5.16. The van der Waals surface area contributed by atoms with Crippen LogP contribution in [0.25, 0.3) is 0 Å². The van der Waals surface area contributed by atoms with Crippen molar-refractivity contribution in [1.29, 1.82) is 0 Å². The Morgan fingerprint density at radius 2 is 1.77 bits per heavy atom. The molecule has 0 bridgehead atoms. The zero-order valence-corrected chi connectivity index (χ0v) is 14.9. The summed E-state index contributed by atoms with van der Waals surface area (Å²) in [7, 11) is -2.42. The summed E-state index contributed by atoms with van der Waals surface area (Å²) in [4.78, 5) is 12.1. The highest BCUT2D eigenvalue weighted by Crippen LogP contribution is 2.20. The molecular formula is C17H18F2N2O4S. The van der Waals surface area contributed by atoms with Crippen molar-refractivity contribution in [1.82, 2.24) is 0 Å². The molecule has 2 aromatic carbocycles. The molecule has 0 saturated carbocycles. The van der Waals surface area contributed by atoms with Crippen LogP contribution in [0.2, 0.25) is 0 Å². The van der Waals surface area contributed by atoms with Crippen LogP contribution in [-0.4, -0.2) is 27.2 Å². The lowest BCUT2D eigenvalue weighted by molar-refractivity contribution is -0.118. The van der Waals surface area contributed by atoms with E-state index in [-0.39, 0.29) is 5.69 Å². The number of hydrogen-bond acceptors (Lipinski definition) is 4. The van der Waals surface area contributed by atoms with Gasteiger partial charge in [0.25, 0.3) is 0 Å². The predicted molar refractivity (Wildman–Crippen MR) is 94.6 cm³/mol. The maximum absolute atomic E-state index is 13.6. The zero-order chi connectivity index (χ0) is 19.3. The summed E-state index contributed by atoms with van der Waals surface area (Å²) in [6, 6.07) is 9.41. The van der Waals surface area contributed by atoms with Crippen LogP contribution in [0.5, 0.6) is 5.75 Å². The Bertz CT molecular complexity index is 883. The van der Waals surface area contributed by atoms with Crippen LogP contribution in [0, 0.1) is 17.6 Å². The summed E-state index contributed by atoms with van der Waals surface area (Å²) in [5, 5.41) is 2.08. The van der Waals surface area contributed by atoms with Crippen LogP contribution in [0.3, 0.4) is 0 Å². The van der Waals surface area contributed by atoms with Gasteiger partial charge < -0.3 is 10.1 Å². The quantitative estimate of drug-likeness (QED) is 0.769. The first kappa shape index (κ1) is 19.6. The number of carbonyl (C=O) groups excluding carboxylic acids is 1. The second-order valence-corrected chi connectivity index (χ2v) is 7.37. The number of hydrogen-bond donors (Lipinski definition) is 2. The molecule has 26 heavy (non-hydrogen) atoms. The van der Waals surface area contributed by atoms with E-state index in [4.69, 9.17) is 4.74 Å². The Morgan fingerprint density at radius 1 is 1.15 bits per heavy atom. The van der Waals surface area contributed by atoms with Crippen LogP contribution < -0.4 is 14.8 Å². The van der Waals surface area contributed by atoms with Gasteiger partial charge in [0.1, 0.15) is 23.1 Å². The number of nitrogens with one attached hydrogen (secondary N) is 2. The van der Waals surface area contributed by atoms with Crippen LogP contribution in [0.15, 0.2) is 42.5 Å². The summed E-state index contributed by atoms with van der Waals surface area (Å²) >= 11 is 0. The average Bonchev–Trinajstić information content (AvgIpc) is 2.57. The summed E-state index contributed by atoms with van der Waals surface area (Å²) in [6.45, 7) is 1.35. The van der Waals surface area contributed by atoms with Gasteiger partial charge in [-0.15, -0.1) is 0 Å². The van der Waals surface area contributed by atoms with Gasteiger partial charge >= 0.3 is 0 Å². The van der Waals surface area contributed by atoms with Crippen molar-refractivity contribution in [3.05, 3.63) is 54.1 Å². The van der Waals surface area contributed by atoms with E-state index >= 15 is 0 Å². The Hall–Kier alpha value is -2.68. The number of benzene rings is 2. The monoisotopic (exact) mass is 384 g/mol. The summed E-state index contributed by atoms with van der Waals surface area (Å²) in [6.07, 6.45) is 0. The van der Waals surface area contributed by atoms with E-state index in [9.17, 15) is 22.0 Å². The third-order valence-electron chi connectivity index (χ3n) is 3.47. The molecule has 1 unspecified atom stereocenters. The van der Waals surface area contributed by atoms with Crippen LogP contribution >= 0.6 is 0 Å². The van der Waals surface area contributed by atoms with Crippen molar-refractivity contribution in [2.45, 2.75) is 6.92 Å². The van der Waals surface area contributed by atoms with Crippen molar-refractivity contribution in [2.75, 3.05) is 22.9 Å². The Balaban J connectivity index is 2.05. The summed E-state index contributed by atoms with van der Waals surface area (Å²) in [5.74, 6) is -3.84. The normalized spacial score (nSPS) is 12.3. The Labute approximate surface area is 150 Å². The molecule has 2 rings (SSSR count). The molecule has 0 heterocycles. The highest BCUT2D eigenvalue weighted by Gasteiger charge is 2.23. The molecule has 140 valence electrons. The standard InChI is InChI=1S/C17H18F2N2O4S/c1-11(17(22)20-16-14(18)7-4-8-15(16)19)10-26(23,24)21-12-5-3-6-13(9-12)25-2/h3-9,11,21H,10H2,1-2H3,(H,20,22). The van der Waals surface area contributed by atoms with Crippen molar-refractivity contribution >= 4 is 27.3 Å². The molecule has 2 N–H and O–H groups in total. The van der Waals surface area contributed by atoms with Crippen molar-refractivity contribution < 1.29 is 26.7 Å². The predicted octanol–water partition coefficient (Wildman–Crippen LogP) is 2.99. The van der Waals surface area contributed by atoms with Crippen LogP contribution in [0.1, 0.15) is 6.92 Å². The molecule has 0 fully saturated rings. The minimum atomic E-state index is -3.87. The fourth-order valence-electron chi connectivity index (χ4n) is 2.18. The molecular weight excluding hydrogens is 366 g/mol. The molecule has 0 aliphatic carbocycles. The number of amides is 1. The molecule has 6 nitrogen and oxygen atoms in total. The number of methoxy groups -OCH3 is 1. The van der Waals surface area contributed by atoms with Gasteiger partial charge in [-0.3, -0.25) is 9.52 Å². The minimum absolute atomic E-state index is 0.275. The van der Waals surface area contributed by atoms with E-state index in [1.165, 1.54) is 26.2 Å². The molecule has 0 aromatic heterocycles. The van der Waals surface area contributed by atoms with Gasteiger partial charge in [-0.25, -0.2) is 17.2 Å². The highest BCUT2D eigenvalue weighted by molar-refractivity contribution is 7.92. The van der Waals surface area contributed by atoms with Gasteiger partial charge in [-0.05, 0) is 24.3 Å². The molecule has 0 radical (unpaired) electrons. The molecule has 9 heteroatoms. The second-order valence-electron chi connectivity index (χ2n) is 5.60. The lowest BCUT2D eigenvalue weighted by Gasteiger charge is -2.15. The lowest BCUT2D eigenvalue weighted by atomic mass is 10.2. The van der Waals surface area contributed by atoms with Gasteiger partial charge in [0.05, 0.1) is 24.5 Å². The maximum atomic E-state index is 13.6. The fraction of sp³-hybridized carbons (Fsp3) is 0.235. The average molecular weight is 384 g/mol. The first-order chi connectivity index (χ1) is 12.2. The van der Waals surface area contributed by atoms with Gasteiger partial charge in [0, 0.05) is 6.07 Å². The topological polar surface area (TPSA) is 84.5 Å². The van der Waals surface area contributed by atoms with Crippen molar-refractivity contribution in [2.24, 2.45) is 5.92 Å². The van der Waals surface area contributed by atoms with Gasteiger partial charge in [0.15, 0.2) is 0 Å². The largest absolute Gasteiger partial charge is 0.497 e. The van der Waals surface area contributed by atoms with E-state index in [0.717, 1.165) is 18.2 Å². The molecule has 1 atom stereocenters. The van der Waals surface area contributed by atoms with E-state index in [1.54, 1.807) is 12.1 Å². The SMILES string of the molecule is COc1cccc(NS(=O)(=O)CC(C)C(=O)Nc2c(F)cccc2F)c1. The highest BCUT2D eigenvalue weighted by atomic mass is 32.2. The fourth-order valence-corrected chi connectivity index (χ4v) is 3.56. The number of sulfonamides is 1. The molecule has 0 spiro atoms. The number of anilines is 2. The van der Waals surface area contributed by atoms with Crippen LogP contribution in [-0.2, 0) is 14.8 Å². The van der Waals surface area contributed by atoms with E-state index < -0.39 is 44.9 Å². The molecule has 0 saturated heterocycles. The van der Waals surface area contributed by atoms with E-state index in [1.807, 2.05) is 0 Å². The van der Waals surface area contributed by atoms with E-state index in [2.05, 4.69) is 10.0 Å². The van der Waals surface area contributed by atoms with Gasteiger partial charge in [-0.1, -0.05) is 19.1 Å². The van der Waals surface area contributed by atoms with Crippen molar-refractivity contribution in [3.8, 4) is 5.75 Å². The van der Waals surface area contributed by atoms with Gasteiger partial charge in [0.2, 0.25) is 15.9 Å². The molecule has 0 aliphatic heterocycles. The number of rotatable bonds is 7. The smallest absolute Gasteiger partial charge is 0.233 e. The Kier molecular flexibility index (Phi) is 6.14. The Morgan fingerprint density at radius 3 is 2.38 bits per heavy atom. The molecule has 0 aliphatic rings. The minimum Gasteiger partial charge on any atom is -0.497 e. The maximum Gasteiger partial charge on any atom is 0.233 e. The molecule has 1 amide bonds. The summed E-state index contributed by atoms with van der Waals surface area (Å²) < 4.78 is 58.9. The first-order valence-corrected chi connectivity index (χ1v) is 9.26. The molecule has 2 aromatic rings. The van der Waals surface area contributed by atoms with Crippen molar-refractivity contribution in [3.63, 3.8) is 0 Å². The zero-order valence-electron chi connectivity index (χ0n) is 14.1. The number of halogens is 2. The lowest BCUT2D eigenvalue weighted by Crippen LogP contribution is -2.30. The van der Waals surface area contributed by atoms with Crippen LogP contribution in [0.4, 0.5) is 20.2 Å². The first-order valence-electron chi connectivity index (χ1n) is 7.61. The second kappa shape index (κ2) is 8.13. The number of para-hydroxylation sites is 1. The number of ether oxygens (including phenoxy) is 1. The van der Waals surface area contributed by atoms with E-state index in [0.29, 0.717) is 5.75 Å². The third-order valence-corrected chi connectivity index (χ3v) is 4.96.